The van der Waals surface area contributed by atoms with Crippen molar-refractivity contribution in [3.8, 4) is 11.5 Å². The van der Waals surface area contributed by atoms with Crippen molar-refractivity contribution in [3.63, 3.8) is 0 Å². The van der Waals surface area contributed by atoms with Crippen LogP contribution in [0.4, 0.5) is 38.0 Å². The summed E-state index contributed by atoms with van der Waals surface area (Å²) in [5, 5.41) is 3.33. The molecule has 0 radical (unpaired) electrons. The largest absolute Gasteiger partial charge is 0.522 e. The third-order valence-electron chi connectivity index (χ3n) is 4.35. The number of hydrogen-bond donors (Lipinski definition) is 2. The first-order chi connectivity index (χ1) is 15.9. The first-order valence-electron chi connectivity index (χ1n) is 9.63. The fraction of sp³-hybridized carbons (Fsp3) is 0.350. The number of fused-ring (bicyclic) bond motifs is 1. The van der Waals surface area contributed by atoms with Crippen LogP contribution in [0.3, 0.4) is 0 Å². The van der Waals surface area contributed by atoms with Crippen LogP contribution in [0.1, 0.15) is 17.1 Å². The molecule has 0 saturated carbocycles. The molecule has 0 amide bonds. The smallest absolute Gasteiger partial charge is 0.493 e. The molecule has 3 aromatic rings. The minimum Gasteiger partial charge on any atom is -0.493 e. The second kappa shape index (κ2) is 9.75. The number of aromatic nitrogens is 3. The highest BCUT2D eigenvalue weighted by Crippen LogP contribution is 2.35. The summed E-state index contributed by atoms with van der Waals surface area (Å²) in [4.78, 5) is 11.9. The van der Waals surface area contributed by atoms with Gasteiger partial charge in [0, 0.05) is 18.0 Å². The highest BCUT2D eigenvalue weighted by molar-refractivity contribution is 5.91. The fourth-order valence-electron chi connectivity index (χ4n) is 3.01. The summed E-state index contributed by atoms with van der Waals surface area (Å²) < 4.78 is 89.8. The summed E-state index contributed by atoms with van der Waals surface area (Å²) >= 11 is 0. The summed E-state index contributed by atoms with van der Waals surface area (Å²) in [5.74, 6) is 0.626. The zero-order chi connectivity index (χ0) is 25.1. The molecule has 0 aliphatic heterocycles. The van der Waals surface area contributed by atoms with E-state index in [1.54, 1.807) is 6.92 Å². The molecule has 1 aromatic carbocycles. The van der Waals surface area contributed by atoms with Crippen molar-refractivity contribution in [2.75, 3.05) is 31.4 Å². The van der Waals surface area contributed by atoms with Gasteiger partial charge < -0.3 is 20.5 Å². The Labute approximate surface area is 189 Å². The molecule has 14 heteroatoms. The van der Waals surface area contributed by atoms with Gasteiger partial charge in [-0.25, -0.2) is 15.0 Å². The van der Waals surface area contributed by atoms with Crippen molar-refractivity contribution in [1.29, 1.82) is 0 Å². The monoisotopic (exact) mass is 491 g/mol. The van der Waals surface area contributed by atoms with Crippen molar-refractivity contribution in [2.24, 2.45) is 0 Å². The predicted molar refractivity (Wildman–Crippen MR) is 109 cm³/mol. The van der Waals surface area contributed by atoms with Gasteiger partial charge in [0.1, 0.15) is 29.8 Å². The van der Waals surface area contributed by atoms with Gasteiger partial charge in [-0.05, 0) is 30.7 Å². The SMILES string of the molecule is COc1cc2nc(C)nc(NCc3cc(N)nc(C(F)(F)F)c3)c2cc1OCCOC(F)(F)F. The fourth-order valence-corrected chi connectivity index (χ4v) is 3.01. The van der Waals surface area contributed by atoms with E-state index >= 15 is 0 Å². The van der Waals surface area contributed by atoms with Crippen molar-refractivity contribution in [3.05, 3.63) is 41.3 Å². The van der Waals surface area contributed by atoms with Gasteiger partial charge in [-0.15, -0.1) is 13.2 Å². The minimum atomic E-state index is -4.79. The highest BCUT2D eigenvalue weighted by atomic mass is 19.4. The number of rotatable bonds is 8. The highest BCUT2D eigenvalue weighted by Gasteiger charge is 2.33. The van der Waals surface area contributed by atoms with Gasteiger partial charge in [0.25, 0.3) is 0 Å². The lowest BCUT2D eigenvalue weighted by Crippen LogP contribution is -2.18. The van der Waals surface area contributed by atoms with Gasteiger partial charge in [0.15, 0.2) is 11.5 Å². The molecule has 0 aliphatic carbocycles. The van der Waals surface area contributed by atoms with Crippen LogP contribution in [0, 0.1) is 6.92 Å². The van der Waals surface area contributed by atoms with E-state index in [2.05, 4.69) is 25.0 Å². The first-order valence-corrected chi connectivity index (χ1v) is 9.63. The molecule has 0 unspecified atom stereocenters. The third-order valence-corrected chi connectivity index (χ3v) is 4.35. The van der Waals surface area contributed by atoms with Gasteiger partial charge in [-0.2, -0.15) is 13.2 Å². The molecule has 0 spiro atoms. The Morgan fingerprint density at radius 1 is 0.941 bits per heavy atom. The Kier molecular flexibility index (Phi) is 7.19. The second-order valence-corrected chi connectivity index (χ2v) is 6.92. The average Bonchev–Trinajstić information content (AvgIpc) is 2.73. The number of nitrogens with one attached hydrogen (secondary N) is 1. The maximum atomic E-state index is 13.0. The van der Waals surface area contributed by atoms with E-state index in [1.165, 1.54) is 25.3 Å². The van der Waals surface area contributed by atoms with Gasteiger partial charge in [-0.1, -0.05) is 0 Å². The van der Waals surface area contributed by atoms with Crippen molar-refractivity contribution in [2.45, 2.75) is 26.0 Å². The van der Waals surface area contributed by atoms with Crippen LogP contribution in [-0.4, -0.2) is 41.6 Å². The molecule has 0 aliphatic rings. The van der Waals surface area contributed by atoms with E-state index < -0.39 is 31.4 Å². The normalized spacial score (nSPS) is 12.1. The number of nitrogens with two attached hydrogens (primary N) is 1. The molecular weight excluding hydrogens is 472 g/mol. The standard InChI is InChI=1S/C20H19F6N5O3/c1-10-29-13-8-14(32-2)15(33-3-4-34-20(24,25)26)7-12(13)18(30-10)28-9-11-5-16(19(21,22)23)31-17(27)6-11/h5-8H,3-4,9H2,1-2H3,(H2,27,31)(H,28,29,30). The van der Waals surface area contributed by atoms with E-state index in [0.717, 1.165) is 6.07 Å². The van der Waals surface area contributed by atoms with Crippen LogP contribution >= 0.6 is 0 Å². The van der Waals surface area contributed by atoms with Crippen LogP contribution in [0.5, 0.6) is 11.5 Å². The van der Waals surface area contributed by atoms with Crippen molar-refractivity contribution >= 4 is 22.5 Å². The van der Waals surface area contributed by atoms with Gasteiger partial charge >= 0.3 is 12.5 Å². The molecule has 3 rings (SSSR count). The summed E-state index contributed by atoms with van der Waals surface area (Å²) in [6.45, 7) is 0.365. The maximum Gasteiger partial charge on any atom is 0.522 e. The Hall–Kier alpha value is -3.55. The molecule has 0 saturated heterocycles. The maximum absolute atomic E-state index is 13.0. The number of anilines is 2. The number of nitrogen functional groups attached to an aromatic ring is 1. The van der Waals surface area contributed by atoms with E-state index in [-0.39, 0.29) is 35.2 Å². The number of ether oxygens (including phenoxy) is 3. The Morgan fingerprint density at radius 3 is 2.32 bits per heavy atom. The van der Waals surface area contributed by atoms with E-state index in [0.29, 0.717) is 16.7 Å². The number of benzene rings is 1. The molecule has 0 atom stereocenters. The van der Waals surface area contributed by atoms with Crippen LogP contribution in [0.25, 0.3) is 10.9 Å². The lowest BCUT2D eigenvalue weighted by atomic mass is 10.2. The third kappa shape index (κ3) is 6.50. The van der Waals surface area contributed by atoms with E-state index in [4.69, 9.17) is 15.2 Å². The molecule has 2 heterocycles. The Morgan fingerprint density at radius 2 is 1.68 bits per heavy atom. The summed E-state index contributed by atoms with van der Waals surface area (Å²) in [6, 6.07) is 5.10. The number of nitrogens with zero attached hydrogens (tertiary/aromatic N) is 3. The number of halogens is 6. The van der Waals surface area contributed by atoms with Crippen LogP contribution < -0.4 is 20.5 Å². The molecular formula is C20H19F6N5O3. The number of methoxy groups -OCH3 is 1. The topological polar surface area (TPSA) is 104 Å². The lowest BCUT2D eigenvalue weighted by molar-refractivity contribution is -0.325. The van der Waals surface area contributed by atoms with Crippen molar-refractivity contribution < 1.29 is 40.6 Å². The molecule has 0 bridgehead atoms. The van der Waals surface area contributed by atoms with Crippen LogP contribution in [0.15, 0.2) is 24.3 Å². The molecule has 34 heavy (non-hydrogen) atoms. The summed E-state index contributed by atoms with van der Waals surface area (Å²) in [5.41, 5.74) is 4.99. The summed E-state index contributed by atoms with van der Waals surface area (Å²) in [6.07, 6.45) is -9.46. The van der Waals surface area contributed by atoms with Gasteiger partial charge in [0.2, 0.25) is 0 Å². The summed E-state index contributed by atoms with van der Waals surface area (Å²) in [7, 11) is 1.35. The zero-order valence-corrected chi connectivity index (χ0v) is 17.8. The molecule has 3 N–H and O–H groups in total. The molecule has 184 valence electrons. The number of aryl methyl sites for hydroxylation is 1. The van der Waals surface area contributed by atoms with Crippen LogP contribution in [-0.2, 0) is 17.5 Å². The predicted octanol–water partition coefficient (Wildman–Crippen LogP) is 4.47. The Balaban J connectivity index is 1.88. The van der Waals surface area contributed by atoms with Crippen molar-refractivity contribution in [1.82, 2.24) is 15.0 Å². The quantitative estimate of drug-likeness (QED) is 0.352. The second-order valence-electron chi connectivity index (χ2n) is 6.92. The lowest BCUT2D eigenvalue weighted by Gasteiger charge is -2.15. The molecule has 2 aromatic heterocycles. The molecule has 8 nitrogen and oxygen atoms in total. The van der Waals surface area contributed by atoms with E-state index in [9.17, 15) is 26.3 Å². The van der Waals surface area contributed by atoms with Crippen LogP contribution in [0.2, 0.25) is 0 Å². The number of hydrogen-bond acceptors (Lipinski definition) is 8. The number of alkyl halides is 6. The first kappa shape index (κ1) is 25.1. The number of pyridine rings is 1. The van der Waals surface area contributed by atoms with Gasteiger partial charge in [0.05, 0.1) is 19.2 Å². The van der Waals surface area contributed by atoms with E-state index in [1.807, 2.05) is 0 Å². The average molecular weight is 491 g/mol. The zero-order valence-electron chi connectivity index (χ0n) is 17.8. The van der Waals surface area contributed by atoms with Gasteiger partial charge in [-0.3, -0.25) is 4.74 Å². The minimum absolute atomic E-state index is 0.0804. The molecule has 0 fully saturated rings. The Bertz CT molecular complexity index is 1170.